The highest BCUT2D eigenvalue weighted by Crippen LogP contribution is 2.29. The van der Waals surface area contributed by atoms with E-state index in [1.54, 1.807) is 18.5 Å². The molecule has 1 aromatic heterocycles. The molecule has 5 nitrogen and oxygen atoms in total. The number of benzene rings is 1. The SMILES string of the molecule is O=C(O)c1cc2c3c(c1)ncn3CCO2. The topological polar surface area (TPSA) is 64.3 Å². The molecule has 0 radical (unpaired) electrons. The maximum Gasteiger partial charge on any atom is 0.335 e. The van der Waals surface area contributed by atoms with E-state index in [2.05, 4.69) is 4.98 Å². The highest BCUT2D eigenvalue weighted by atomic mass is 16.5. The lowest BCUT2D eigenvalue weighted by molar-refractivity contribution is 0.0696. The van der Waals surface area contributed by atoms with Gasteiger partial charge < -0.3 is 14.4 Å². The van der Waals surface area contributed by atoms with Crippen molar-refractivity contribution in [1.82, 2.24) is 9.55 Å². The first kappa shape index (κ1) is 8.28. The van der Waals surface area contributed by atoms with Gasteiger partial charge in [0, 0.05) is 0 Å². The van der Waals surface area contributed by atoms with E-state index < -0.39 is 5.97 Å². The number of aromatic carboxylic acids is 1. The van der Waals surface area contributed by atoms with Gasteiger partial charge in [-0.1, -0.05) is 0 Å². The van der Waals surface area contributed by atoms with E-state index in [1.165, 1.54) is 0 Å². The van der Waals surface area contributed by atoms with Crippen LogP contribution >= 0.6 is 0 Å². The molecule has 15 heavy (non-hydrogen) atoms. The number of aromatic nitrogens is 2. The minimum atomic E-state index is -0.961. The fourth-order valence-corrected chi connectivity index (χ4v) is 1.83. The van der Waals surface area contributed by atoms with E-state index >= 15 is 0 Å². The van der Waals surface area contributed by atoms with Gasteiger partial charge in [0.05, 0.1) is 24.0 Å². The lowest BCUT2D eigenvalue weighted by Crippen LogP contribution is -2.13. The molecule has 0 spiro atoms. The normalized spacial score (nSPS) is 13.9. The van der Waals surface area contributed by atoms with Crippen molar-refractivity contribution in [3.05, 3.63) is 24.0 Å². The number of hydrogen-bond donors (Lipinski definition) is 1. The van der Waals surface area contributed by atoms with Crippen LogP contribution in [0.3, 0.4) is 0 Å². The number of ether oxygens (including phenoxy) is 1. The molecule has 0 saturated carbocycles. The van der Waals surface area contributed by atoms with Gasteiger partial charge in [0.25, 0.3) is 0 Å². The minimum Gasteiger partial charge on any atom is -0.489 e. The third-order valence-electron chi connectivity index (χ3n) is 2.51. The number of carbonyl (C=O) groups is 1. The van der Waals surface area contributed by atoms with Crippen molar-refractivity contribution in [2.24, 2.45) is 0 Å². The average Bonchev–Trinajstić information content (AvgIpc) is 2.64. The predicted molar refractivity (Wildman–Crippen MR) is 52.2 cm³/mol. The molecule has 1 aromatic carbocycles. The molecule has 0 saturated heterocycles. The van der Waals surface area contributed by atoms with E-state index in [1.807, 2.05) is 4.57 Å². The quantitative estimate of drug-likeness (QED) is 0.756. The van der Waals surface area contributed by atoms with Gasteiger partial charge in [-0.15, -0.1) is 0 Å². The second kappa shape index (κ2) is 2.73. The summed E-state index contributed by atoms with van der Waals surface area (Å²) in [5, 5.41) is 8.90. The Kier molecular flexibility index (Phi) is 1.50. The van der Waals surface area contributed by atoms with Crippen LogP contribution in [0.4, 0.5) is 0 Å². The molecule has 1 aliphatic heterocycles. The van der Waals surface area contributed by atoms with Crippen LogP contribution in [-0.2, 0) is 6.54 Å². The zero-order valence-corrected chi connectivity index (χ0v) is 7.80. The second-order valence-electron chi connectivity index (χ2n) is 3.43. The van der Waals surface area contributed by atoms with E-state index in [4.69, 9.17) is 9.84 Å². The van der Waals surface area contributed by atoms with Crippen molar-refractivity contribution in [1.29, 1.82) is 0 Å². The molecule has 0 amide bonds. The first-order valence-corrected chi connectivity index (χ1v) is 4.61. The van der Waals surface area contributed by atoms with Gasteiger partial charge in [0.15, 0.2) is 0 Å². The van der Waals surface area contributed by atoms with Gasteiger partial charge in [-0.25, -0.2) is 9.78 Å². The highest BCUT2D eigenvalue weighted by Gasteiger charge is 2.17. The molecule has 5 heteroatoms. The summed E-state index contributed by atoms with van der Waals surface area (Å²) in [6.07, 6.45) is 1.71. The van der Waals surface area contributed by atoms with Crippen molar-refractivity contribution in [3.8, 4) is 5.75 Å². The lowest BCUT2D eigenvalue weighted by Gasteiger charge is -2.16. The number of nitrogens with zero attached hydrogens (tertiary/aromatic N) is 2. The molecule has 0 atom stereocenters. The van der Waals surface area contributed by atoms with Crippen molar-refractivity contribution in [2.75, 3.05) is 6.61 Å². The van der Waals surface area contributed by atoms with Crippen molar-refractivity contribution >= 4 is 17.0 Å². The number of carboxylic acid groups (broad SMARTS) is 1. The van der Waals surface area contributed by atoms with Crippen LogP contribution < -0.4 is 4.74 Å². The van der Waals surface area contributed by atoms with E-state index in [0.717, 1.165) is 12.1 Å². The van der Waals surface area contributed by atoms with Crippen LogP contribution in [0.2, 0.25) is 0 Å². The lowest BCUT2D eigenvalue weighted by atomic mass is 10.1. The third kappa shape index (κ3) is 1.09. The zero-order chi connectivity index (χ0) is 10.4. The van der Waals surface area contributed by atoms with Crippen molar-refractivity contribution < 1.29 is 14.6 Å². The standard InChI is InChI=1S/C10H8N2O3/c13-10(14)6-3-7-9-8(4-6)15-2-1-12(9)5-11-7/h3-5H,1-2H2,(H,13,14). The van der Waals surface area contributed by atoms with Crippen LogP contribution in [0, 0.1) is 0 Å². The fraction of sp³-hybridized carbons (Fsp3) is 0.200. The predicted octanol–water partition coefficient (Wildman–Crippen LogP) is 1.13. The molecule has 76 valence electrons. The molecular weight excluding hydrogens is 196 g/mol. The number of imidazole rings is 1. The summed E-state index contributed by atoms with van der Waals surface area (Å²) in [5.74, 6) is -0.356. The number of hydrogen-bond acceptors (Lipinski definition) is 3. The third-order valence-corrected chi connectivity index (χ3v) is 2.51. The molecule has 0 fully saturated rings. The summed E-state index contributed by atoms with van der Waals surface area (Å²) in [6.45, 7) is 1.32. The largest absolute Gasteiger partial charge is 0.489 e. The maximum atomic E-state index is 10.8. The van der Waals surface area contributed by atoms with Gasteiger partial charge >= 0.3 is 5.97 Å². The molecule has 2 heterocycles. The summed E-state index contributed by atoms with van der Waals surface area (Å²) in [7, 11) is 0. The van der Waals surface area contributed by atoms with Crippen LogP contribution in [0.5, 0.6) is 5.75 Å². The Morgan fingerprint density at radius 2 is 2.40 bits per heavy atom. The first-order chi connectivity index (χ1) is 7.25. The van der Waals surface area contributed by atoms with Crippen LogP contribution in [0.25, 0.3) is 11.0 Å². The second-order valence-corrected chi connectivity index (χ2v) is 3.43. The molecular formula is C10H8N2O3. The number of carboxylic acids is 1. The summed E-state index contributed by atoms with van der Waals surface area (Å²) in [4.78, 5) is 15.0. The van der Waals surface area contributed by atoms with Crippen LogP contribution in [0.1, 0.15) is 10.4 Å². The van der Waals surface area contributed by atoms with Gasteiger partial charge in [-0.3, -0.25) is 0 Å². The Labute approximate surface area is 84.9 Å². The highest BCUT2D eigenvalue weighted by molar-refractivity contribution is 5.95. The molecule has 2 aromatic rings. The average molecular weight is 204 g/mol. The van der Waals surface area contributed by atoms with E-state index in [0.29, 0.717) is 17.9 Å². The molecule has 1 aliphatic rings. The Morgan fingerprint density at radius 1 is 1.53 bits per heavy atom. The smallest absolute Gasteiger partial charge is 0.335 e. The minimum absolute atomic E-state index is 0.213. The Balaban J connectivity index is 2.36. The molecule has 3 rings (SSSR count). The Morgan fingerprint density at radius 3 is 3.20 bits per heavy atom. The van der Waals surface area contributed by atoms with Crippen molar-refractivity contribution in [3.63, 3.8) is 0 Å². The van der Waals surface area contributed by atoms with Gasteiger partial charge in [-0.05, 0) is 12.1 Å². The Bertz CT molecular complexity index is 559. The zero-order valence-electron chi connectivity index (χ0n) is 7.80. The van der Waals surface area contributed by atoms with Gasteiger partial charge in [-0.2, -0.15) is 0 Å². The fourth-order valence-electron chi connectivity index (χ4n) is 1.83. The number of rotatable bonds is 1. The molecule has 1 N–H and O–H groups in total. The maximum absolute atomic E-state index is 10.8. The van der Waals surface area contributed by atoms with Gasteiger partial charge in [0.2, 0.25) is 0 Å². The van der Waals surface area contributed by atoms with Gasteiger partial charge in [0.1, 0.15) is 17.9 Å². The van der Waals surface area contributed by atoms with Crippen LogP contribution in [0.15, 0.2) is 18.5 Å². The first-order valence-electron chi connectivity index (χ1n) is 4.61. The van der Waals surface area contributed by atoms with Crippen molar-refractivity contribution in [2.45, 2.75) is 6.54 Å². The summed E-state index contributed by atoms with van der Waals surface area (Å²) < 4.78 is 7.39. The van der Waals surface area contributed by atoms with Crippen LogP contribution in [-0.4, -0.2) is 27.2 Å². The monoisotopic (exact) mass is 204 g/mol. The summed E-state index contributed by atoms with van der Waals surface area (Å²) in [5.41, 5.74) is 1.76. The molecule has 0 aliphatic carbocycles. The molecule has 0 bridgehead atoms. The summed E-state index contributed by atoms with van der Waals surface area (Å²) >= 11 is 0. The molecule has 0 unspecified atom stereocenters. The Hall–Kier alpha value is -2.04. The summed E-state index contributed by atoms with van der Waals surface area (Å²) in [6, 6.07) is 3.11. The van der Waals surface area contributed by atoms with E-state index in [9.17, 15) is 4.79 Å². The van der Waals surface area contributed by atoms with E-state index in [-0.39, 0.29) is 5.56 Å².